The monoisotopic (exact) mass is 568 g/mol. The van der Waals surface area contributed by atoms with Crippen LogP contribution in [-0.2, 0) is 13.1 Å². The molecule has 0 saturated carbocycles. The van der Waals surface area contributed by atoms with Crippen LogP contribution in [0, 0.1) is 0 Å². The van der Waals surface area contributed by atoms with Gasteiger partial charge in [0.15, 0.2) is 17.5 Å². The Bertz CT molecular complexity index is 869. The van der Waals surface area contributed by atoms with Gasteiger partial charge in [0, 0.05) is 38.8 Å². The molecule has 182 valence electrons. The molecule has 1 heterocycles. The first-order valence-electron chi connectivity index (χ1n) is 11.1. The molecule has 1 saturated heterocycles. The Morgan fingerprint density at radius 3 is 2.24 bits per heavy atom. The number of likely N-dealkylation sites (tertiary alicyclic amines) is 1. The first-order chi connectivity index (χ1) is 15.6. The van der Waals surface area contributed by atoms with Gasteiger partial charge in [-0.1, -0.05) is 30.3 Å². The molecule has 2 N–H and O–H groups in total. The number of piperidine rings is 1. The van der Waals surface area contributed by atoms with Crippen molar-refractivity contribution < 1.29 is 14.2 Å². The summed E-state index contributed by atoms with van der Waals surface area (Å²) in [7, 11) is 6.66. The van der Waals surface area contributed by atoms with Crippen LogP contribution in [0.4, 0.5) is 0 Å². The van der Waals surface area contributed by atoms with Crippen molar-refractivity contribution in [1.29, 1.82) is 0 Å². The fourth-order valence-electron chi connectivity index (χ4n) is 4.22. The highest BCUT2D eigenvalue weighted by Crippen LogP contribution is 2.38. The SMILES string of the molecule is CN=C(NCc1cc(OC)c(OC)c(OC)c1)NC1CCN(Cc2ccccc2)C(C)C1.I. The van der Waals surface area contributed by atoms with Gasteiger partial charge in [0.1, 0.15) is 0 Å². The molecular weight excluding hydrogens is 531 g/mol. The van der Waals surface area contributed by atoms with Gasteiger partial charge in [-0.05, 0) is 43.0 Å². The van der Waals surface area contributed by atoms with Crippen molar-refractivity contribution in [2.75, 3.05) is 34.9 Å². The van der Waals surface area contributed by atoms with E-state index < -0.39 is 0 Å². The summed E-state index contributed by atoms with van der Waals surface area (Å²) in [6.07, 6.45) is 2.17. The lowest BCUT2D eigenvalue weighted by molar-refractivity contribution is 0.134. The maximum Gasteiger partial charge on any atom is 0.203 e. The van der Waals surface area contributed by atoms with E-state index in [0.29, 0.717) is 35.9 Å². The minimum absolute atomic E-state index is 0. The second kappa shape index (κ2) is 13.5. The van der Waals surface area contributed by atoms with Crippen LogP contribution in [0.15, 0.2) is 47.5 Å². The normalized spacial score (nSPS) is 18.8. The Morgan fingerprint density at radius 2 is 1.70 bits per heavy atom. The van der Waals surface area contributed by atoms with Crippen LogP contribution in [0.1, 0.15) is 30.9 Å². The topological polar surface area (TPSA) is 67.4 Å². The van der Waals surface area contributed by atoms with E-state index in [4.69, 9.17) is 14.2 Å². The van der Waals surface area contributed by atoms with Gasteiger partial charge in [-0.25, -0.2) is 0 Å². The molecule has 0 radical (unpaired) electrons. The van der Waals surface area contributed by atoms with Crippen LogP contribution in [0.2, 0.25) is 0 Å². The standard InChI is InChI=1S/C25H36N4O3.HI/c1-18-13-21(11-12-29(18)17-19-9-7-6-8-10-19)28-25(26-2)27-16-20-14-22(30-3)24(32-5)23(15-20)31-4;/h6-10,14-15,18,21H,11-13,16-17H2,1-5H3,(H2,26,27,28);1H. The zero-order valence-corrected chi connectivity index (χ0v) is 22.6. The fraction of sp³-hybridized carbons (Fsp3) is 0.480. The molecule has 1 fully saturated rings. The maximum absolute atomic E-state index is 5.46. The van der Waals surface area contributed by atoms with E-state index >= 15 is 0 Å². The maximum atomic E-state index is 5.46. The van der Waals surface area contributed by atoms with Crippen molar-refractivity contribution in [3.05, 3.63) is 53.6 Å². The summed E-state index contributed by atoms with van der Waals surface area (Å²) >= 11 is 0. The van der Waals surface area contributed by atoms with Gasteiger partial charge in [-0.2, -0.15) is 0 Å². The lowest BCUT2D eigenvalue weighted by Gasteiger charge is -2.38. The minimum atomic E-state index is 0. The molecule has 2 atom stereocenters. The van der Waals surface area contributed by atoms with Crippen molar-refractivity contribution in [2.45, 2.75) is 44.9 Å². The van der Waals surface area contributed by atoms with E-state index in [0.717, 1.165) is 37.5 Å². The lowest BCUT2D eigenvalue weighted by Crippen LogP contribution is -2.51. The third kappa shape index (κ3) is 7.40. The molecule has 2 aromatic carbocycles. The van der Waals surface area contributed by atoms with E-state index in [1.807, 2.05) is 12.1 Å². The average Bonchev–Trinajstić information content (AvgIpc) is 2.83. The summed E-state index contributed by atoms with van der Waals surface area (Å²) in [4.78, 5) is 6.98. The number of methoxy groups -OCH3 is 3. The summed E-state index contributed by atoms with van der Waals surface area (Å²) in [6, 6.07) is 15.5. The number of ether oxygens (including phenoxy) is 3. The Hall–Kier alpha value is -2.20. The zero-order valence-electron chi connectivity index (χ0n) is 20.3. The lowest BCUT2D eigenvalue weighted by atomic mass is 9.97. The second-order valence-electron chi connectivity index (χ2n) is 8.13. The van der Waals surface area contributed by atoms with Crippen molar-refractivity contribution in [2.24, 2.45) is 4.99 Å². The molecule has 0 aromatic heterocycles. The zero-order chi connectivity index (χ0) is 22.9. The summed E-state index contributed by atoms with van der Waals surface area (Å²) in [5.41, 5.74) is 2.39. The predicted octanol–water partition coefficient (Wildman–Crippen LogP) is 4.05. The molecule has 0 amide bonds. The number of aliphatic imine (C=N–C) groups is 1. The molecule has 0 bridgehead atoms. The molecule has 3 rings (SSSR count). The highest BCUT2D eigenvalue weighted by atomic mass is 127. The molecule has 0 aliphatic carbocycles. The molecule has 7 nitrogen and oxygen atoms in total. The van der Waals surface area contributed by atoms with Gasteiger partial charge in [0.05, 0.1) is 21.3 Å². The van der Waals surface area contributed by atoms with Crippen LogP contribution in [-0.4, -0.2) is 57.9 Å². The summed E-state index contributed by atoms with van der Waals surface area (Å²) < 4.78 is 16.3. The third-order valence-corrected chi connectivity index (χ3v) is 5.99. The van der Waals surface area contributed by atoms with Crippen molar-refractivity contribution in [3.8, 4) is 17.2 Å². The number of nitrogens with one attached hydrogen (secondary N) is 2. The number of rotatable bonds is 8. The number of nitrogens with zero attached hydrogens (tertiary/aromatic N) is 2. The molecular formula is C25H37IN4O3. The van der Waals surface area contributed by atoms with E-state index in [-0.39, 0.29) is 24.0 Å². The Morgan fingerprint density at radius 1 is 1.03 bits per heavy atom. The van der Waals surface area contributed by atoms with E-state index in [1.165, 1.54) is 5.56 Å². The van der Waals surface area contributed by atoms with Gasteiger partial charge in [-0.3, -0.25) is 9.89 Å². The fourth-order valence-corrected chi connectivity index (χ4v) is 4.22. The molecule has 2 aromatic rings. The van der Waals surface area contributed by atoms with Crippen LogP contribution >= 0.6 is 24.0 Å². The molecule has 33 heavy (non-hydrogen) atoms. The number of benzene rings is 2. The quantitative estimate of drug-likeness (QED) is 0.285. The molecule has 1 aliphatic heterocycles. The summed E-state index contributed by atoms with van der Waals surface area (Å²) in [5, 5.41) is 7.01. The predicted molar refractivity (Wildman–Crippen MR) is 144 cm³/mol. The highest BCUT2D eigenvalue weighted by Gasteiger charge is 2.26. The van der Waals surface area contributed by atoms with Gasteiger partial charge >= 0.3 is 0 Å². The Balaban J connectivity index is 0.00000385. The van der Waals surface area contributed by atoms with Gasteiger partial charge in [-0.15, -0.1) is 24.0 Å². The van der Waals surface area contributed by atoms with E-state index in [9.17, 15) is 0 Å². The van der Waals surface area contributed by atoms with Crippen molar-refractivity contribution >= 4 is 29.9 Å². The number of hydrogen-bond acceptors (Lipinski definition) is 5. The average molecular weight is 569 g/mol. The van der Waals surface area contributed by atoms with Crippen LogP contribution in [0.5, 0.6) is 17.2 Å². The van der Waals surface area contributed by atoms with E-state index in [2.05, 4.69) is 57.8 Å². The third-order valence-electron chi connectivity index (χ3n) is 5.99. The van der Waals surface area contributed by atoms with Gasteiger partial charge in [0.25, 0.3) is 0 Å². The molecule has 1 aliphatic rings. The largest absolute Gasteiger partial charge is 0.493 e. The smallest absolute Gasteiger partial charge is 0.203 e. The number of halogens is 1. The Labute approximate surface area is 214 Å². The first-order valence-corrected chi connectivity index (χ1v) is 11.1. The first kappa shape index (κ1) is 27.0. The molecule has 2 unspecified atom stereocenters. The van der Waals surface area contributed by atoms with Crippen LogP contribution < -0.4 is 24.8 Å². The molecule has 8 heteroatoms. The summed E-state index contributed by atoms with van der Waals surface area (Å²) in [5.74, 6) is 2.68. The Kier molecular flexibility index (Phi) is 11.1. The van der Waals surface area contributed by atoms with E-state index in [1.54, 1.807) is 28.4 Å². The van der Waals surface area contributed by atoms with Crippen LogP contribution in [0.25, 0.3) is 0 Å². The molecule has 0 spiro atoms. The number of hydrogen-bond donors (Lipinski definition) is 2. The van der Waals surface area contributed by atoms with Gasteiger partial charge in [0.2, 0.25) is 5.75 Å². The van der Waals surface area contributed by atoms with Gasteiger partial charge < -0.3 is 24.8 Å². The minimum Gasteiger partial charge on any atom is -0.493 e. The number of guanidine groups is 1. The highest BCUT2D eigenvalue weighted by molar-refractivity contribution is 14.0. The summed E-state index contributed by atoms with van der Waals surface area (Å²) in [6.45, 7) is 4.97. The second-order valence-corrected chi connectivity index (χ2v) is 8.13. The van der Waals surface area contributed by atoms with Crippen molar-refractivity contribution in [3.63, 3.8) is 0 Å². The van der Waals surface area contributed by atoms with Crippen molar-refractivity contribution in [1.82, 2.24) is 15.5 Å². The van der Waals surface area contributed by atoms with Crippen LogP contribution in [0.3, 0.4) is 0 Å².